The first-order valence-corrected chi connectivity index (χ1v) is 8.39. The zero-order valence-electron chi connectivity index (χ0n) is 14.8. The Hall–Kier alpha value is -2.56. The fourth-order valence-electron chi connectivity index (χ4n) is 2.36. The highest BCUT2D eigenvalue weighted by Crippen LogP contribution is 2.14. The van der Waals surface area contributed by atoms with Crippen LogP contribution in [-0.4, -0.2) is 22.2 Å². The molecule has 5 nitrogen and oxygen atoms in total. The smallest absolute Gasteiger partial charge is 0.331 e. The Morgan fingerprint density at radius 3 is 2.00 bits per heavy atom. The van der Waals surface area contributed by atoms with Gasteiger partial charge in [-0.15, -0.1) is 0 Å². The van der Waals surface area contributed by atoms with E-state index in [1.54, 1.807) is 24.7 Å². The maximum Gasteiger partial charge on any atom is 0.331 e. The second-order valence-corrected chi connectivity index (χ2v) is 6.10. The number of aliphatic carboxylic acids is 2. The predicted molar refractivity (Wildman–Crippen MR) is 96.4 cm³/mol. The molecule has 0 bridgehead atoms. The largest absolute Gasteiger partial charge is 0.478 e. The van der Waals surface area contributed by atoms with Gasteiger partial charge in [-0.3, -0.25) is 0 Å². The number of carboxylic acid groups (broad SMARTS) is 2. The number of aryl methyl sites for hydroxylation is 1. The van der Waals surface area contributed by atoms with Gasteiger partial charge in [-0.25, -0.2) is 9.59 Å². The number of furan rings is 1. The van der Waals surface area contributed by atoms with Gasteiger partial charge >= 0.3 is 11.9 Å². The molecular formula is C20H26O5. The summed E-state index contributed by atoms with van der Waals surface area (Å²) >= 11 is 0. The van der Waals surface area contributed by atoms with Crippen LogP contribution in [0.1, 0.15) is 51.5 Å². The fourth-order valence-corrected chi connectivity index (χ4v) is 2.36. The van der Waals surface area contributed by atoms with Gasteiger partial charge in [0.25, 0.3) is 0 Å². The standard InChI is InChI=1S/C20H26O5/c1-15(2)6-3-8-17(19(21)22)10-5-11-18(20(23)24)9-4-7-16-12-13-25-14-16/h6,9-10,12-14H,3-5,7-8,11H2,1-2H3,(H,21,22)(H,23,24). The van der Waals surface area contributed by atoms with Crippen LogP contribution >= 0.6 is 0 Å². The number of carbonyl (C=O) groups is 2. The fraction of sp³-hybridized carbons (Fsp3) is 0.400. The Balaban J connectivity index is 2.57. The lowest BCUT2D eigenvalue weighted by molar-refractivity contribution is -0.133. The van der Waals surface area contributed by atoms with Crippen molar-refractivity contribution in [2.45, 2.75) is 52.4 Å². The summed E-state index contributed by atoms with van der Waals surface area (Å²) in [5.74, 6) is -1.90. The molecule has 1 heterocycles. The Morgan fingerprint density at radius 2 is 1.52 bits per heavy atom. The van der Waals surface area contributed by atoms with Crippen molar-refractivity contribution in [2.24, 2.45) is 0 Å². The Labute approximate surface area is 148 Å². The van der Waals surface area contributed by atoms with Gasteiger partial charge in [0.2, 0.25) is 0 Å². The molecule has 0 unspecified atom stereocenters. The lowest BCUT2D eigenvalue weighted by Gasteiger charge is -2.03. The van der Waals surface area contributed by atoms with E-state index in [2.05, 4.69) is 0 Å². The van der Waals surface area contributed by atoms with Crippen molar-refractivity contribution in [3.63, 3.8) is 0 Å². The van der Waals surface area contributed by atoms with E-state index < -0.39 is 11.9 Å². The number of carboxylic acids is 2. The molecule has 1 aromatic heterocycles. The van der Waals surface area contributed by atoms with Crippen LogP contribution in [0.3, 0.4) is 0 Å². The van der Waals surface area contributed by atoms with Gasteiger partial charge in [0.05, 0.1) is 12.5 Å². The molecule has 0 aliphatic carbocycles. The highest BCUT2D eigenvalue weighted by atomic mass is 16.4. The minimum Gasteiger partial charge on any atom is -0.478 e. The molecule has 1 aromatic rings. The molecule has 136 valence electrons. The van der Waals surface area contributed by atoms with Gasteiger partial charge in [-0.2, -0.15) is 0 Å². The van der Waals surface area contributed by atoms with Crippen molar-refractivity contribution in [1.82, 2.24) is 0 Å². The normalized spacial score (nSPS) is 12.1. The zero-order chi connectivity index (χ0) is 18.7. The van der Waals surface area contributed by atoms with Crippen LogP contribution in [0.5, 0.6) is 0 Å². The second-order valence-electron chi connectivity index (χ2n) is 6.10. The van der Waals surface area contributed by atoms with E-state index in [1.165, 1.54) is 0 Å². The maximum absolute atomic E-state index is 11.3. The molecule has 0 saturated heterocycles. The number of rotatable bonds is 11. The lowest BCUT2D eigenvalue weighted by atomic mass is 10.0. The van der Waals surface area contributed by atoms with Crippen LogP contribution < -0.4 is 0 Å². The van der Waals surface area contributed by atoms with Gasteiger partial charge in [0, 0.05) is 11.1 Å². The van der Waals surface area contributed by atoms with Crippen molar-refractivity contribution in [3.8, 4) is 0 Å². The first-order chi connectivity index (χ1) is 11.9. The first-order valence-electron chi connectivity index (χ1n) is 8.39. The molecule has 0 atom stereocenters. The summed E-state index contributed by atoms with van der Waals surface area (Å²) in [5, 5.41) is 18.5. The Bertz CT molecular complexity index is 644. The zero-order valence-corrected chi connectivity index (χ0v) is 14.8. The molecule has 0 amide bonds. The molecule has 0 fully saturated rings. The highest BCUT2D eigenvalue weighted by molar-refractivity contribution is 5.87. The average Bonchev–Trinajstić information content (AvgIpc) is 3.04. The van der Waals surface area contributed by atoms with Crippen LogP contribution in [-0.2, 0) is 16.0 Å². The topological polar surface area (TPSA) is 87.7 Å². The van der Waals surface area contributed by atoms with Gasteiger partial charge in [-0.1, -0.05) is 23.8 Å². The summed E-state index contributed by atoms with van der Waals surface area (Å²) in [6.45, 7) is 3.94. The van der Waals surface area contributed by atoms with Crippen LogP contribution in [0.15, 0.2) is 58.0 Å². The van der Waals surface area contributed by atoms with E-state index in [9.17, 15) is 19.8 Å². The highest BCUT2D eigenvalue weighted by Gasteiger charge is 2.09. The Morgan fingerprint density at radius 1 is 0.960 bits per heavy atom. The van der Waals surface area contributed by atoms with E-state index in [0.717, 1.165) is 11.1 Å². The third-order valence-electron chi connectivity index (χ3n) is 3.72. The summed E-state index contributed by atoms with van der Waals surface area (Å²) in [6, 6.07) is 1.85. The summed E-state index contributed by atoms with van der Waals surface area (Å²) in [6.07, 6.45) is 11.7. The van der Waals surface area contributed by atoms with Crippen molar-refractivity contribution < 1.29 is 24.2 Å². The van der Waals surface area contributed by atoms with Crippen LogP contribution in [0.2, 0.25) is 0 Å². The predicted octanol–water partition coefficient (Wildman–Crippen LogP) is 4.76. The number of hydrogen-bond acceptors (Lipinski definition) is 3. The summed E-state index contributed by atoms with van der Waals surface area (Å²) in [5.41, 5.74) is 2.82. The molecule has 1 rings (SSSR count). The van der Waals surface area contributed by atoms with E-state index in [4.69, 9.17) is 4.42 Å². The molecule has 2 N–H and O–H groups in total. The van der Waals surface area contributed by atoms with Crippen LogP contribution in [0.25, 0.3) is 0 Å². The second kappa shape index (κ2) is 11.1. The first kappa shape index (κ1) is 20.5. The van der Waals surface area contributed by atoms with E-state index >= 15 is 0 Å². The average molecular weight is 346 g/mol. The minimum atomic E-state index is -0.956. The molecule has 25 heavy (non-hydrogen) atoms. The molecule has 0 aliphatic rings. The lowest BCUT2D eigenvalue weighted by Crippen LogP contribution is -2.03. The summed E-state index contributed by atoms with van der Waals surface area (Å²) in [7, 11) is 0. The quantitative estimate of drug-likeness (QED) is 0.445. The molecule has 0 radical (unpaired) electrons. The molecule has 0 spiro atoms. The third kappa shape index (κ3) is 8.74. The van der Waals surface area contributed by atoms with Gasteiger partial charge < -0.3 is 14.6 Å². The number of allylic oxidation sites excluding steroid dienone is 4. The van der Waals surface area contributed by atoms with E-state index in [1.807, 2.05) is 26.0 Å². The van der Waals surface area contributed by atoms with Gasteiger partial charge in [0.1, 0.15) is 0 Å². The van der Waals surface area contributed by atoms with E-state index in [-0.39, 0.29) is 0 Å². The summed E-state index contributed by atoms with van der Waals surface area (Å²) < 4.78 is 4.98. The van der Waals surface area contributed by atoms with Crippen LogP contribution in [0.4, 0.5) is 0 Å². The van der Waals surface area contributed by atoms with Crippen molar-refractivity contribution in [2.75, 3.05) is 0 Å². The molecule has 0 aliphatic heterocycles. The van der Waals surface area contributed by atoms with Crippen molar-refractivity contribution >= 4 is 11.9 Å². The third-order valence-corrected chi connectivity index (χ3v) is 3.72. The molecular weight excluding hydrogens is 320 g/mol. The number of hydrogen-bond donors (Lipinski definition) is 2. The minimum absolute atomic E-state index is 0.314. The van der Waals surface area contributed by atoms with Gasteiger partial charge in [-0.05, 0) is 64.0 Å². The van der Waals surface area contributed by atoms with Gasteiger partial charge in [0.15, 0.2) is 0 Å². The monoisotopic (exact) mass is 346 g/mol. The van der Waals surface area contributed by atoms with Crippen molar-refractivity contribution in [1.29, 1.82) is 0 Å². The molecule has 0 saturated carbocycles. The Kier molecular flexibility index (Phi) is 9.07. The van der Waals surface area contributed by atoms with Crippen LogP contribution in [0, 0.1) is 0 Å². The van der Waals surface area contributed by atoms with E-state index in [0.29, 0.717) is 49.7 Å². The van der Waals surface area contributed by atoms with Crippen molar-refractivity contribution in [3.05, 3.63) is 59.1 Å². The maximum atomic E-state index is 11.3. The SMILES string of the molecule is CC(C)=CCCC(=CCCC(=CCCc1ccoc1)C(=O)O)C(=O)O. The molecule has 5 heteroatoms. The summed E-state index contributed by atoms with van der Waals surface area (Å²) in [4.78, 5) is 22.6. The molecule has 0 aromatic carbocycles.